The van der Waals surface area contributed by atoms with Crippen LogP contribution in [0.4, 0.5) is 0 Å². The molecule has 3 aromatic rings. The Morgan fingerprint density at radius 1 is 1.09 bits per heavy atom. The van der Waals surface area contributed by atoms with Crippen molar-refractivity contribution in [3.8, 4) is 5.75 Å². The second-order valence-corrected chi connectivity index (χ2v) is 5.91. The molecule has 1 aromatic heterocycles. The van der Waals surface area contributed by atoms with Crippen LogP contribution in [0.1, 0.15) is 5.56 Å². The molecule has 2 aromatic carbocycles. The third-order valence-corrected chi connectivity index (χ3v) is 4.22. The first-order valence-corrected chi connectivity index (χ1v) is 7.95. The van der Waals surface area contributed by atoms with Crippen LogP contribution in [-0.2, 0) is 4.79 Å². The number of pyridine rings is 1. The molecule has 0 amide bonds. The second-order valence-electron chi connectivity index (χ2n) is 4.86. The number of para-hydroxylation sites is 1. The minimum absolute atomic E-state index is 0.0287. The van der Waals surface area contributed by atoms with Crippen molar-refractivity contribution in [1.29, 1.82) is 0 Å². The van der Waals surface area contributed by atoms with Gasteiger partial charge in [-0.25, -0.2) is 0 Å². The van der Waals surface area contributed by atoms with Gasteiger partial charge in [-0.15, -0.1) is 0 Å². The van der Waals surface area contributed by atoms with Gasteiger partial charge in [0, 0.05) is 16.5 Å². The van der Waals surface area contributed by atoms with Gasteiger partial charge < -0.3 is 4.74 Å². The van der Waals surface area contributed by atoms with E-state index in [-0.39, 0.29) is 5.12 Å². The summed E-state index contributed by atoms with van der Waals surface area (Å²) in [5, 5.41) is 1.00. The second kappa shape index (κ2) is 7.11. The number of fused-ring (bicyclic) bond motifs is 1. The van der Waals surface area contributed by atoms with E-state index in [1.165, 1.54) is 11.8 Å². The largest absolute Gasteiger partial charge is 0.497 e. The summed E-state index contributed by atoms with van der Waals surface area (Å²) in [7, 11) is 1.63. The number of thioether (sulfide) groups is 1. The first-order valence-electron chi connectivity index (χ1n) is 7.14. The number of carbonyl (C=O) groups excluding carboxylic acids is 1. The van der Waals surface area contributed by atoms with Crippen molar-refractivity contribution in [3.05, 3.63) is 72.4 Å². The Hall–Kier alpha value is -2.59. The van der Waals surface area contributed by atoms with Gasteiger partial charge in [-0.2, -0.15) is 0 Å². The Balaban J connectivity index is 1.74. The Morgan fingerprint density at radius 2 is 1.87 bits per heavy atom. The van der Waals surface area contributed by atoms with E-state index in [4.69, 9.17) is 4.74 Å². The van der Waals surface area contributed by atoms with Gasteiger partial charge in [-0.05, 0) is 47.7 Å². The number of hydrogen-bond donors (Lipinski definition) is 0. The average molecular weight is 321 g/mol. The zero-order valence-corrected chi connectivity index (χ0v) is 13.4. The highest BCUT2D eigenvalue weighted by Crippen LogP contribution is 2.27. The van der Waals surface area contributed by atoms with E-state index in [0.29, 0.717) is 0 Å². The van der Waals surface area contributed by atoms with Gasteiger partial charge in [-0.1, -0.05) is 36.4 Å². The van der Waals surface area contributed by atoms with Gasteiger partial charge >= 0.3 is 0 Å². The highest BCUT2D eigenvalue weighted by Gasteiger charge is 2.06. The maximum absolute atomic E-state index is 12.2. The summed E-state index contributed by atoms with van der Waals surface area (Å²) in [4.78, 5) is 17.4. The molecular weight excluding hydrogens is 306 g/mol. The van der Waals surface area contributed by atoms with Crippen LogP contribution in [0.25, 0.3) is 17.0 Å². The molecule has 0 aliphatic carbocycles. The molecule has 0 saturated carbocycles. The van der Waals surface area contributed by atoms with E-state index < -0.39 is 0 Å². The monoisotopic (exact) mass is 321 g/mol. The highest BCUT2D eigenvalue weighted by atomic mass is 32.2. The summed E-state index contributed by atoms with van der Waals surface area (Å²) in [5.41, 5.74) is 1.81. The van der Waals surface area contributed by atoms with Crippen molar-refractivity contribution in [1.82, 2.24) is 4.98 Å². The van der Waals surface area contributed by atoms with Crippen LogP contribution in [0.3, 0.4) is 0 Å². The molecule has 0 atom stereocenters. The van der Waals surface area contributed by atoms with Crippen molar-refractivity contribution in [2.75, 3.05) is 7.11 Å². The fraction of sp³-hybridized carbons (Fsp3) is 0.0526. The average Bonchev–Trinajstić information content (AvgIpc) is 2.61. The number of carbonyl (C=O) groups is 1. The maximum Gasteiger partial charge on any atom is 0.216 e. The lowest BCUT2D eigenvalue weighted by Crippen LogP contribution is -1.88. The Labute approximate surface area is 139 Å². The Bertz CT molecular complexity index is 851. The number of benzene rings is 2. The Morgan fingerprint density at radius 3 is 2.65 bits per heavy atom. The van der Waals surface area contributed by atoms with Gasteiger partial charge in [0.05, 0.1) is 12.6 Å². The van der Waals surface area contributed by atoms with E-state index >= 15 is 0 Å². The summed E-state index contributed by atoms with van der Waals surface area (Å²) in [5.74, 6) is 0.796. The van der Waals surface area contributed by atoms with Gasteiger partial charge in [0.15, 0.2) is 0 Å². The number of hydrogen-bond acceptors (Lipinski definition) is 4. The first kappa shape index (κ1) is 15.3. The molecule has 0 saturated heterocycles. The molecule has 3 rings (SSSR count). The van der Waals surface area contributed by atoms with Crippen LogP contribution in [0.5, 0.6) is 5.75 Å². The van der Waals surface area contributed by atoms with Crippen LogP contribution in [0, 0.1) is 0 Å². The molecule has 114 valence electrons. The van der Waals surface area contributed by atoms with Crippen LogP contribution < -0.4 is 4.74 Å². The highest BCUT2D eigenvalue weighted by molar-refractivity contribution is 8.14. The fourth-order valence-corrected chi connectivity index (χ4v) is 2.95. The molecule has 23 heavy (non-hydrogen) atoms. The third kappa shape index (κ3) is 3.79. The number of nitrogens with zero attached hydrogens (tertiary/aromatic N) is 1. The lowest BCUT2D eigenvalue weighted by molar-refractivity contribution is -0.106. The van der Waals surface area contributed by atoms with Crippen LogP contribution in [-0.4, -0.2) is 17.2 Å². The molecule has 0 N–H and O–H groups in total. The lowest BCUT2D eigenvalue weighted by Gasteiger charge is -2.02. The van der Waals surface area contributed by atoms with Crippen molar-refractivity contribution >= 4 is 33.9 Å². The molecule has 0 aliphatic heterocycles. The fourth-order valence-electron chi connectivity index (χ4n) is 2.18. The van der Waals surface area contributed by atoms with Crippen molar-refractivity contribution < 1.29 is 9.53 Å². The van der Waals surface area contributed by atoms with E-state index in [1.54, 1.807) is 25.5 Å². The summed E-state index contributed by atoms with van der Waals surface area (Å²) < 4.78 is 5.11. The van der Waals surface area contributed by atoms with Crippen LogP contribution >= 0.6 is 11.8 Å². The van der Waals surface area contributed by atoms with Gasteiger partial charge in [0.25, 0.3) is 0 Å². The van der Waals surface area contributed by atoms with Crippen LogP contribution in [0.15, 0.2) is 71.8 Å². The minimum Gasteiger partial charge on any atom is -0.497 e. The summed E-state index contributed by atoms with van der Waals surface area (Å²) >= 11 is 1.19. The van der Waals surface area contributed by atoms with Crippen molar-refractivity contribution in [2.45, 2.75) is 4.90 Å². The van der Waals surface area contributed by atoms with Crippen LogP contribution in [0.2, 0.25) is 0 Å². The van der Waals surface area contributed by atoms with Gasteiger partial charge in [-0.3, -0.25) is 9.78 Å². The predicted molar refractivity (Wildman–Crippen MR) is 94.6 cm³/mol. The molecule has 0 bridgehead atoms. The normalized spacial score (nSPS) is 11.0. The number of ether oxygens (including phenoxy) is 1. The number of methoxy groups -OCH3 is 1. The minimum atomic E-state index is -0.0287. The number of aromatic nitrogens is 1. The topological polar surface area (TPSA) is 39.2 Å². The maximum atomic E-state index is 12.2. The third-order valence-electron chi connectivity index (χ3n) is 3.33. The smallest absolute Gasteiger partial charge is 0.216 e. The van der Waals surface area contributed by atoms with E-state index in [1.807, 2.05) is 54.6 Å². The van der Waals surface area contributed by atoms with E-state index in [2.05, 4.69) is 4.98 Å². The lowest BCUT2D eigenvalue weighted by atomic mass is 10.2. The summed E-state index contributed by atoms with van der Waals surface area (Å²) in [6, 6.07) is 17.3. The molecule has 3 nitrogen and oxygen atoms in total. The SMILES string of the molecule is COc1ccc(/C=C\C(=O)Sc2cccc3cccnc23)cc1. The van der Waals surface area contributed by atoms with E-state index in [9.17, 15) is 4.79 Å². The number of rotatable bonds is 4. The molecule has 4 heteroatoms. The molecule has 0 fully saturated rings. The zero-order chi connectivity index (χ0) is 16.1. The van der Waals surface area contributed by atoms with Crippen molar-refractivity contribution in [3.63, 3.8) is 0 Å². The summed E-state index contributed by atoms with van der Waals surface area (Å²) in [6.45, 7) is 0. The quantitative estimate of drug-likeness (QED) is 0.521. The Kier molecular flexibility index (Phi) is 4.74. The standard InChI is InChI=1S/C19H15NO2S/c1-22-16-10-7-14(8-11-16)9-12-18(21)23-17-6-2-4-15-5-3-13-20-19(15)17/h2-13H,1H3/b12-9-. The van der Waals surface area contributed by atoms with Gasteiger partial charge in [0.2, 0.25) is 5.12 Å². The van der Waals surface area contributed by atoms with Gasteiger partial charge in [0.1, 0.15) is 5.75 Å². The molecule has 1 heterocycles. The molecular formula is C19H15NO2S. The summed E-state index contributed by atoms with van der Waals surface area (Å²) in [6.07, 6.45) is 5.12. The molecule has 0 radical (unpaired) electrons. The van der Waals surface area contributed by atoms with Crippen molar-refractivity contribution in [2.24, 2.45) is 0 Å². The molecule has 0 spiro atoms. The molecule has 0 aliphatic rings. The zero-order valence-electron chi connectivity index (χ0n) is 12.6. The first-order chi connectivity index (χ1) is 11.3. The van der Waals surface area contributed by atoms with E-state index in [0.717, 1.165) is 27.1 Å². The molecule has 0 unspecified atom stereocenters. The predicted octanol–water partition coefficient (Wildman–Crippen LogP) is 4.58.